The molecule has 0 bridgehead atoms. The first kappa shape index (κ1) is 13.0. The minimum absolute atomic E-state index is 0.0510. The number of amides is 2. The van der Waals surface area contributed by atoms with E-state index >= 15 is 0 Å². The van der Waals surface area contributed by atoms with Crippen molar-refractivity contribution in [2.75, 3.05) is 0 Å². The van der Waals surface area contributed by atoms with Crippen molar-refractivity contribution in [2.45, 2.75) is 26.3 Å². The monoisotopic (exact) mass is 237 g/mol. The molecule has 1 aromatic rings. The molecule has 1 rings (SSSR count). The molecule has 0 aliphatic heterocycles. The Morgan fingerprint density at radius 2 is 2.00 bits per heavy atom. The number of nitrogens with one attached hydrogen (secondary N) is 2. The number of carbonyl (C=O) groups excluding carboxylic acids is 2. The van der Waals surface area contributed by atoms with Crippen LogP contribution >= 0.6 is 0 Å². The molecule has 0 aromatic carbocycles. The highest BCUT2D eigenvalue weighted by Gasteiger charge is 2.28. The second-order valence-electron chi connectivity index (χ2n) is 4.34. The zero-order valence-corrected chi connectivity index (χ0v) is 9.96. The number of carbonyl (C=O) groups is 2. The lowest BCUT2D eigenvalue weighted by Crippen LogP contribution is -2.53. The molecule has 0 unspecified atom stereocenters. The maximum atomic E-state index is 11.8. The zero-order valence-electron chi connectivity index (χ0n) is 9.96. The van der Waals surface area contributed by atoms with Crippen LogP contribution in [0.4, 0.5) is 0 Å². The summed E-state index contributed by atoms with van der Waals surface area (Å²) in [5.41, 5.74) is 4.12. The van der Waals surface area contributed by atoms with Crippen LogP contribution in [0, 0.1) is 6.92 Å². The van der Waals surface area contributed by atoms with Gasteiger partial charge in [-0.1, -0.05) is 0 Å². The number of primary amides is 1. The van der Waals surface area contributed by atoms with Gasteiger partial charge < -0.3 is 16.0 Å². The Balaban J connectivity index is 2.99. The van der Waals surface area contributed by atoms with Crippen LogP contribution in [0.25, 0.3) is 0 Å². The fourth-order valence-corrected chi connectivity index (χ4v) is 1.16. The first-order chi connectivity index (χ1) is 7.74. The Bertz CT molecular complexity index is 517. The minimum atomic E-state index is -1.20. The molecular weight excluding hydrogens is 222 g/mol. The number of pyridine rings is 1. The standard InChI is InChI=1S/C11H15N3O3/c1-6-4-8(15)7(5-13-6)9(16)14-11(2,3)10(12)17/h4-5H,1-3H3,(H2,12,17)(H,13,15)(H,14,16). The molecule has 0 aliphatic carbocycles. The molecule has 4 N–H and O–H groups in total. The van der Waals surface area contributed by atoms with E-state index in [4.69, 9.17) is 5.73 Å². The first-order valence-corrected chi connectivity index (χ1v) is 5.06. The van der Waals surface area contributed by atoms with Crippen molar-refractivity contribution in [3.63, 3.8) is 0 Å². The number of aromatic nitrogens is 1. The number of hydrogen-bond donors (Lipinski definition) is 3. The van der Waals surface area contributed by atoms with Crippen LogP contribution in [0.2, 0.25) is 0 Å². The van der Waals surface area contributed by atoms with Gasteiger partial charge in [-0.2, -0.15) is 0 Å². The molecule has 0 aliphatic rings. The Labute approximate surface area is 98.2 Å². The summed E-state index contributed by atoms with van der Waals surface area (Å²) in [6.45, 7) is 4.64. The predicted molar refractivity (Wildman–Crippen MR) is 62.5 cm³/mol. The normalized spacial score (nSPS) is 11.0. The Morgan fingerprint density at radius 1 is 1.41 bits per heavy atom. The quantitative estimate of drug-likeness (QED) is 0.670. The fourth-order valence-electron chi connectivity index (χ4n) is 1.16. The molecule has 2 amide bonds. The van der Waals surface area contributed by atoms with Crippen molar-refractivity contribution in [2.24, 2.45) is 5.73 Å². The van der Waals surface area contributed by atoms with E-state index in [1.165, 1.54) is 26.1 Å². The van der Waals surface area contributed by atoms with Gasteiger partial charge in [0.2, 0.25) is 5.91 Å². The van der Waals surface area contributed by atoms with Crippen LogP contribution in [0.3, 0.4) is 0 Å². The lowest BCUT2D eigenvalue weighted by atomic mass is 10.0. The van der Waals surface area contributed by atoms with E-state index in [0.717, 1.165) is 0 Å². The van der Waals surface area contributed by atoms with Crippen molar-refractivity contribution in [3.05, 3.63) is 33.7 Å². The fraction of sp³-hybridized carbons (Fsp3) is 0.364. The summed E-state index contributed by atoms with van der Waals surface area (Å²) < 4.78 is 0. The van der Waals surface area contributed by atoms with Crippen molar-refractivity contribution in [1.82, 2.24) is 10.3 Å². The third-order valence-corrected chi connectivity index (χ3v) is 2.34. The largest absolute Gasteiger partial charge is 0.368 e. The number of H-pyrrole nitrogens is 1. The van der Waals surface area contributed by atoms with Crippen LogP contribution in [0.1, 0.15) is 29.9 Å². The van der Waals surface area contributed by atoms with E-state index in [1.54, 1.807) is 6.92 Å². The Hall–Kier alpha value is -2.11. The van der Waals surface area contributed by atoms with Gasteiger partial charge in [-0.25, -0.2) is 0 Å². The average Bonchev–Trinajstić information content (AvgIpc) is 2.15. The van der Waals surface area contributed by atoms with Crippen molar-refractivity contribution in [1.29, 1.82) is 0 Å². The number of hydrogen-bond acceptors (Lipinski definition) is 3. The number of rotatable bonds is 3. The van der Waals surface area contributed by atoms with Gasteiger partial charge in [-0.15, -0.1) is 0 Å². The van der Waals surface area contributed by atoms with Crippen molar-refractivity contribution >= 4 is 11.8 Å². The van der Waals surface area contributed by atoms with E-state index in [9.17, 15) is 14.4 Å². The third kappa shape index (κ3) is 2.93. The van der Waals surface area contributed by atoms with E-state index in [2.05, 4.69) is 10.3 Å². The van der Waals surface area contributed by atoms with Crippen LogP contribution in [0.5, 0.6) is 0 Å². The highest BCUT2D eigenvalue weighted by atomic mass is 16.2. The maximum Gasteiger partial charge on any atom is 0.257 e. The van der Waals surface area contributed by atoms with Crippen LogP contribution in [0.15, 0.2) is 17.1 Å². The van der Waals surface area contributed by atoms with Gasteiger partial charge in [-0.05, 0) is 20.8 Å². The maximum absolute atomic E-state index is 11.8. The topological polar surface area (TPSA) is 105 Å². The molecular formula is C11H15N3O3. The molecule has 17 heavy (non-hydrogen) atoms. The SMILES string of the molecule is Cc1cc(=O)c(C(=O)NC(C)(C)C(N)=O)c[nH]1. The summed E-state index contributed by atoms with van der Waals surface area (Å²) in [6.07, 6.45) is 1.31. The summed E-state index contributed by atoms with van der Waals surface area (Å²) in [5, 5.41) is 2.40. The lowest BCUT2D eigenvalue weighted by molar-refractivity contribution is -0.122. The van der Waals surface area contributed by atoms with Crippen LogP contribution in [-0.4, -0.2) is 22.3 Å². The summed E-state index contributed by atoms with van der Waals surface area (Å²) in [4.78, 5) is 37.1. The molecule has 6 heteroatoms. The molecule has 0 saturated heterocycles. The zero-order chi connectivity index (χ0) is 13.2. The Morgan fingerprint density at radius 3 is 2.47 bits per heavy atom. The molecule has 0 fully saturated rings. The molecule has 0 atom stereocenters. The van der Waals surface area contributed by atoms with E-state index in [0.29, 0.717) is 5.69 Å². The van der Waals surface area contributed by atoms with Crippen molar-refractivity contribution < 1.29 is 9.59 Å². The molecule has 0 radical (unpaired) electrons. The van der Waals surface area contributed by atoms with Gasteiger partial charge in [-0.3, -0.25) is 14.4 Å². The van der Waals surface area contributed by atoms with Crippen LogP contribution in [-0.2, 0) is 4.79 Å². The summed E-state index contributed by atoms with van der Waals surface area (Å²) in [5.74, 6) is -1.30. The van der Waals surface area contributed by atoms with Gasteiger partial charge in [0.05, 0.1) is 0 Å². The van der Waals surface area contributed by atoms with E-state index < -0.39 is 22.8 Å². The van der Waals surface area contributed by atoms with Crippen molar-refractivity contribution in [3.8, 4) is 0 Å². The molecule has 6 nitrogen and oxygen atoms in total. The molecule has 0 saturated carbocycles. The van der Waals surface area contributed by atoms with Crippen LogP contribution < -0.4 is 16.5 Å². The molecule has 0 spiro atoms. The number of aromatic amines is 1. The minimum Gasteiger partial charge on any atom is -0.368 e. The summed E-state index contributed by atoms with van der Waals surface area (Å²) >= 11 is 0. The predicted octanol–water partition coefficient (Wildman–Crippen LogP) is -0.323. The number of aryl methyl sites for hydroxylation is 1. The van der Waals surface area contributed by atoms with Gasteiger partial charge in [0, 0.05) is 18.0 Å². The highest BCUT2D eigenvalue weighted by Crippen LogP contribution is 2.02. The molecule has 1 aromatic heterocycles. The van der Waals surface area contributed by atoms with Gasteiger partial charge in [0.25, 0.3) is 5.91 Å². The summed E-state index contributed by atoms with van der Waals surface area (Å²) in [7, 11) is 0. The third-order valence-electron chi connectivity index (χ3n) is 2.34. The number of nitrogens with two attached hydrogens (primary N) is 1. The van der Waals surface area contributed by atoms with Gasteiger partial charge >= 0.3 is 0 Å². The Kier molecular flexibility index (Phi) is 3.36. The second-order valence-corrected chi connectivity index (χ2v) is 4.34. The molecule has 92 valence electrons. The highest BCUT2D eigenvalue weighted by molar-refractivity contribution is 5.98. The summed E-state index contributed by atoms with van der Waals surface area (Å²) in [6, 6.07) is 1.31. The molecule has 1 heterocycles. The smallest absolute Gasteiger partial charge is 0.257 e. The van der Waals surface area contributed by atoms with E-state index in [-0.39, 0.29) is 5.56 Å². The second kappa shape index (κ2) is 4.40. The van der Waals surface area contributed by atoms with Gasteiger partial charge in [0.1, 0.15) is 11.1 Å². The first-order valence-electron chi connectivity index (χ1n) is 5.06. The van der Waals surface area contributed by atoms with E-state index in [1.807, 2.05) is 0 Å². The lowest BCUT2D eigenvalue weighted by Gasteiger charge is -2.21. The average molecular weight is 237 g/mol. The van der Waals surface area contributed by atoms with Gasteiger partial charge in [0.15, 0.2) is 5.43 Å².